The van der Waals surface area contributed by atoms with Crippen molar-refractivity contribution in [1.82, 2.24) is 0 Å². The largest absolute Gasteiger partial charge is 0.123 e. The fraction of sp³-hybridized carbons (Fsp3) is 0.200. The molecule has 4 heteroatoms. The second-order valence-electron chi connectivity index (χ2n) is 2.81. The van der Waals surface area contributed by atoms with Crippen molar-refractivity contribution in [2.45, 2.75) is 0 Å². The van der Waals surface area contributed by atoms with E-state index in [9.17, 15) is 0 Å². The van der Waals surface area contributed by atoms with Crippen molar-refractivity contribution in [2.24, 2.45) is 0 Å². The van der Waals surface area contributed by atoms with Crippen LogP contribution in [0.1, 0.15) is 5.56 Å². The van der Waals surface area contributed by atoms with Gasteiger partial charge < -0.3 is 0 Å². The summed E-state index contributed by atoms with van der Waals surface area (Å²) in [5.74, 6) is 2.22. The minimum absolute atomic E-state index is 0.763. The first-order chi connectivity index (χ1) is 6.77. The number of thioether (sulfide) groups is 2. The molecule has 14 heavy (non-hydrogen) atoms. The SMILES string of the molecule is ClC1=C(c2ccc(Cl)cc2)SCCS1. The standard InChI is InChI=1S/C10H8Cl2S2/c11-8-3-1-7(2-4-8)9-10(12)14-6-5-13-9/h1-4H,5-6H2. The van der Waals surface area contributed by atoms with E-state index in [-0.39, 0.29) is 0 Å². The van der Waals surface area contributed by atoms with Gasteiger partial charge in [0.25, 0.3) is 0 Å². The highest BCUT2D eigenvalue weighted by Crippen LogP contribution is 2.42. The van der Waals surface area contributed by atoms with E-state index in [1.165, 1.54) is 4.91 Å². The van der Waals surface area contributed by atoms with E-state index in [0.717, 1.165) is 26.5 Å². The van der Waals surface area contributed by atoms with E-state index < -0.39 is 0 Å². The van der Waals surface area contributed by atoms with E-state index in [4.69, 9.17) is 23.2 Å². The Kier molecular flexibility index (Phi) is 3.72. The Morgan fingerprint density at radius 2 is 1.57 bits per heavy atom. The Hall–Kier alpha value is 0.240. The Bertz CT molecular complexity index is 357. The van der Waals surface area contributed by atoms with E-state index in [2.05, 4.69) is 0 Å². The quantitative estimate of drug-likeness (QED) is 0.721. The first kappa shape index (κ1) is 10.7. The maximum absolute atomic E-state index is 6.15. The Morgan fingerprint density at radius 1 is 0.929 bits per heavy atom. The Morgan fingerprint density at radius 3 is 2.21 bits per heavy atom. The smallest absolute Gasteiger partial charge is 0.0877 e. The third-order valence-corrected chi connectivity index (χ3v) is 5.11. The first-order valence-electron chi connectivity index (χ1n) is 4.18. The molecule has 0 amide bonds. The van der Waals surface area contributed by atoms with Crippen LogP contribution in [-0.4, -0.2) is 11.5 Å². The molecule has 1 aliphatic rings. The molecule has 0 saturated heterocycles. The third kappa shape index (κ3) is 2.43. The molecule has 0 radical (unpaired) electrons. The molecule has 0 fully saturated rings. The summed E-state index contributed by atoms with van der Waals surface area (Å²) in [6.07, 6.45) is 0. The summed E-state index contributed by atoms with van der Waals surface area (Å²) < 4.78 is 0.906. The summed E-state index contributed by atoms with van der Waals surface area (Å²) in [6.45, 7) is 0. The summed E-state index contributed by atoms with van der Waals surface area (Å²) in [5.41, 5.74) is 1.16. The topological polar surface area (TPSA) is 0 Å². The first-order valence-corrected chi connectivity index (χ1v) is 6.91. The van der Waals surface area contributed by atoms with Crippen molar-refractivity contribution >= 4 is 51.6 Å². The van der Waals surface area contributed by atoms with E-state index in [1.807, 2.05) is 36.0 Å². The number of benzene rings is 1. The summed E-state index contributed by atoms with van der Waals surface area (Å²) >= 11 is 15.5. The molecule has 0 aliphatic carbocycles. The lowest BCUT2D eigenvalue weighted by Crippen LogP contribution is -1.93. The maximum Gasteiger partial charge on any atom is 0.0877 e. The van der Waals surface area contributed by atoms with Gasteiger partial charge in [0.05, 0.1) is 4.36 Å². The van der Waals surface area contributed by atoms with Crippen molar-refractivity contribution in [2.75, 3.05) is 11.5 Å². The van der Waals surface area contributed by atoms with Crippen LogP contribution >= 0.6 is 46.7 Å². The van der Waals surface area contributed by atoms with Gasteiger partial charge in [0.15, 0.2) is 0 Å². The van der Waals surface area contributed by atoms with E-state index >= 15 is 0 Å². The molecule has 1 heterocycles. The van der Waals surface area contributed by atoms with Crippen LogP contribution in [0.4, 0.5) is 0 Å². The third-order valence-electron chi connectivity index (χ3n) is 1.84. The van der Waals surface area contributed by atoms with Gasteiger partial charge in [0.2, 0.25) is 0 Å². The van der Waals surface area contributed by atoms with Crippen LogP contribution in [0.3, 0.4) is 0 Å². The van der Waals surface area contributed by atoms with Crippen LogP contribution in [0.2, 0.25) is 5.02 Å². The highest BCUT2D eigenvalue weighted by Gasteiger charge is 2.13. The normalized spacial score (nSPS) is 17.3. The van der Waals surface area contributed by atoms with Gasteiger partial charge in [0.1, 0.15) is 0 Å². The molecule has 0 saturated carbocycles. The minimum Gasteiger partial charge on any atom is -0.123 e. The van der Waals surface area contributed by atoms with Crippen molar-refractivity contribution in [3.8, 4) is 0 Å². The second kappa shape index (κ2) is 4.84. The molecule has 1 aliphatic heterocycles. The van der Waals surface area contributed by atoms with Crippen LogP contribution in [0.5, 0.6) is 0 Å². The molecule has 0 N–H and O–H groups in total. The van der Waals surface area contributed by atoms with Crippen molar-refractivity contribution in [3.05, 3.63) is 39.2 Å². The van der Waals surface area contributed by atoms with Gasteiger partial charge in [0, 0.05) is 21.4 Å². The molecule has 0 atom stereocenters. The molecule has 2 rings (SSSR count). The lowest BCUT2D eigenvalue weighted by atomic mass is 10.2. The second-order valence-corrected chi connectivity index (χ2v) is 6.06. The van der Waals surface area contributed by atoms with Crippen LogP contribution in [0.15, 0.2) is 28.6 Å². The Balaban J connectivity index is 2.34. The molecule has 0 nitrogen and oxygen atoms in total. The van der Waals surface area contributed by atoms with Gasteiger partial charge >= 0.3 is 0 Å². The summed E-state index contributed by atoms with van der Waals surface area (Å²) in [6, 6.07) is 7.82. The van der Waals surface area contributed by atoms with E-state index in [1.54, 1.807) is 11.8 Å². The lowest BCUT2D eigenvalue weighted by molar-refractivity contribution is 1.55. The molecule has 74 valence electrons. The molecule has 0 bridgehead atoms. The summed E-state index contributed by atoms with van der Waals surface area (Å²) in [7, 11) is 0. The van der Waals surface area contributed by atoms with Crippen molar-refractivity contribution in [1.29, 1.82) is 0 Å². The average Bonchev–Trinajstić information content (AvgIpc) is 2.20. The van der Waals surface area contributed by atoms with Gasteiger partial charge in [-0.05, 0) is 17.7 Å². The monoisotopic (exact) mass is 262 g/mol. The van der Waals surface area contributed by atoms with Crippen LogP contribution in [0, 0.1) is 0 Å². The summed E-state index contributed by atoms with van der Waals surface area (Å²) in [5, 5.41) is 0.763. The zero-order valence-corrected chi connectivity index (χ0v) is 10.4. The number of rotatable bonds is 1. The molecule has 0 aromatic heterocycles. The number of halogens is 2. The molecule has 1 aromatic rings. The highest BCUT2D eigenvalue weighted by atomic mass is 35.5. The minimum atomic E-state index is 0.763. The van der Waals surface area contributed by atoms with Gasteiger partial charge in [-0.2, -0.15) is 0 Å². The fourth-order valence-electron chi connectivity index (χ4n) is 1.20. The Labute approximate surface area is 102 Å². The predicted molar refractivity (Wildman–Crippen MR) is 69.1 cm³/mol. The molecule has 0 spiro atoms. The van der Waals surface area contributed by atoms with Crippen molar-refractivity contribution < 1.29 is 0 Å². The predicted octanol–water partition coefficient (Wildman–Crippen LogP) is 4.68. The fourth-order valence-corrected chi connectivity index (χ4v) is 3.89. The van der Waals surface area contributed by atoms with Gasteiger partial charge in [-0.3, -0.25) is 0 Å². The zero-order valence-electron chi connectivity index (χ0n) is 7.30. The van der Waals surface area contributed by atoms with Crippen LogP contribution in [0.25, 0.3) is 4.91 Å². The van der Waals surface area contributed by atoms with Crippen LogP contribution in [-0.2, 0) is 0 Å². The summed E-state index contributed by atoms with van der Waals surface area (Å²) in [4.78, 5) is 1.18. The zero-order chi connectivity index (χ0) is 9.97. The lowest BCUT2D eigenvalue weighted by Gasteiger charge is -2.15. The average molecular weight is 263 g/mol. The number of hydrogen-bond donors (Lipinski definition) is 0. The highest BCUT2D eigenvalue weighted by molar-refractivity contribution is 8.14. The van der Waals surface area contributed by atoms with E-state index in [0.29, 0.717) is 0 Å². The molecule has 1 aromatic carbocycles. The van der Waals surface area contributed by atoms with Crippen LogP contribution < -0.4 is 0 Å². The molecular weight excluding hydrogens is 255 g/mol. The van der Waals surface area contributed by atoms with Gasteiger partial charge in [-0.25, -0.2) is 0 Å². The maximum atomic E-state index is 6.15. The number of hydrogen-bond acceptors (Lipinski definition) is 2. The molecule has 0 unspecified atom stereocenters. The molecular formula is C10H8Cl2S2. The van der Waals surface area contributed by atoms with Crippen molar-refractivity contribution in [3.63, 3.8) is 0 Å². The van der Waals surface area contributed by atoms with Gasteiger partial charge in [-0.15, -0.1) is 23.5 Å². The van der Waals surface area contributed by atoms with Gasteiger partial charge in [-0.1, -0.05) is 35.3 Å².